The van der Waals surface area contributed by atoms with E-state index in [-0.39, 0.29) is 0 Å². The summed E-state index contributed by atoms with van der Waals surface area (Å²) < 4.78 is 6.16. The van der Waals surface area contributed by atoms with Crippen LogP contribution in [0.4, 0.5) is 11.4 Å². The van der Waals surface area contributed by atoms with Gasteiger partial charge in [-0.1, -0.05) is 12.1 Å². The first-order chi connectivity index (χ1) is 9.10. The number of halogens is 1. The summed E-state index contributed by atoms with van der Waals surface area (Å²) in [4.78, 5) is 0. The number of benzene rings is 2. The number of nitrogen functional groups attached to an aromatic ring is 1. The molecule has 0 aliphatic heterocycles. The molecule has 0 aliphatic carbocycles. The zero-order chi connectivity index (χ0) is 13.8. The number of hydrogen-bond acceptors (Lipinski definition) is 3. The van der Waals surface area contributed by atoms with Crippen LogP contribution in [0.3, 0.4) is 0 Å². The first-order valence-electron chi connectivity index (χ1n) is 6.02. The standard InChI is InChI=1S/C15H17BrN2O/c1-10-3-5-14(13(17)7-10)18-9-11-4-6-15(19-2)12(16)8-11/h3-8,18H,9,17H2,1-2H3. The number of hydrogen-bond donors (Lipinski definition) is 2. The second-order valence-electron chi connectivity index (χ2n) is 4.41. The fourth-order valence-electron chi connectivity index (χ4n) is 1.86. The molecule has 2 aromatic rings. The van der Waals surface area contributed by atoms with Crippen molar-refractivity contribution in [3.63, 3.8) is 0 Å². The molecule has 0 radical (unpaired) electrons. The van der Waals surface area contributed by atoms with E-state index in [9.17, 15) is 0 Å². The van der Waals surface area contributed by atoms with E-state index >= 15 is 0 Å². The molecule has 3 N–H and O–H groups in total. The smallest absolute Gasteiger partial charge is 0.133 e. The molecule has 0 bridgehead atoms. The maximum Gasteiger partial charge on any atom is 0.133 e. The molecule has 0 heterocycles. The van der Waals surface area contributed by atoms with Crippen molar-refractivity contribution in [2.75, 3.05) is 18.2 Å². The van der Waals surface area contributed by atoms with E-state index in [1.807, 2.05) is 43.3 Å². The maximum atomic E-state index is 5.97. The quantitative estimate of drug-likeness (QED) is 0.838. The lowest BCUT2D eigenvalue weighted by molar-refractivity contribution is 0.412. The van der Waals surface area contributed by atoms with Crippen LogP contribution in [0.1, 0.15) is 11.1 Å². The molecule has 19 heavy (non-hydrogen) atoms. The highest BCUT2D eigenvalue weighted by Crippen LogP contribution is 2.26. The van der Waals surface area contributed by atoms with E-state index < -0.39 is 0 Å². The van der Waals surface area contributed by atoms with Crippen LogP contribution in [-0.2, 0) is 6.54 Å². The van der Waals surface area contributed by atoms with Gasteiger partial charge >= 0.3 is 0 Å². The minimum atomic E-state index is 0.718. The third-order valence-electron chi connectivity index (χ3n) is 2.91. The molecule has 4 heteroatoms. The van der Waals surface area contributed by atoms with Crippen LogP contribution in [0.15, 0.2) is 40.9 Å². The van der Waals surface area contributed by atoms with Crippen LogP contribution >= 0.6 is 15.9 Å². The molecule has 100 valence electrons. The Morgan fingerprint density at radius 2 is 2.00 bits per heavy atom. The summed E-state index contributed by atoms with van der Waals surface area (Å²) in [6, 6.07) is 12.0. The molecule has 0 atom stereocenters. The minimum Gasteiger partial charge on any atom is -0.496 e. The molecule has 0 saturated heterocycles. The summed E-state index contributed by atoms with van der Waals surface area (Å²) in [5, 5.41) is 3.33. The number of rotatable bonds is 4. The van der Waals surface area contributed by atoms with Crippen molar-refractivity contribution < 1.29 is 4.74 Å². The SMILES string of the molecule is COc1ccc(CNc2ccc(C)cc2N)cc1Br. The van der Waals surface area contributed by atoms with Gasteiger partial charge in [0.2, 0.25) is 0 Å². The Bertz CT molecular complexity index is 584. The number of methoxy groups -OCH3 is 1. The lowest BCUT2D eigenvalue weighted by Gasteiger charge is -2.11. The Kier molecular flexibility index (Phi) is 4.32. The Morgan fingerprint density at radius 3 is 2.63 bits per heavy atom. The van der Waals surface area contributed by atoms with Crippen LogP contribution in [0.2, 0.25) is 0 Å². The van der Waals surface area contributed by atoms with E-state index in [4.69, 9.17) is 10.5 Å². The summed E-state index contributed by atoms with van der Waals surface area (Å²) in [6.07, 6.45) is 0. The Balaban J connectivity index is 2.08. The molecular formula is C15H17BrN2O. The molecular weight excluding hydrogens is 304 g/mol. The van der Waals surface area contributed by atoms with Gasteiger partial charge in [-0.25, -0.2) is 0 Å². The Hall–Kier alpha value is -1.68. The summed E-state index contributed by atoms with van der Waals surface area (Å²) in [6.45, 7) is 2.75. The van der Waals surface area contributed by atoms with Crippen molar-refractivity contribution in [3.8, 4) is 5.75 Å². The predicted molar refractivity (Wildman–Crippen MR) is 83.6 cm³/mol. The minimum absolute atomic E-state index is 0.718. The Labute approximate surface area is 121 Å². The Morgan fingerprint density at radius 1 is 1.21 bits per heavy atom. The summed E-state index contributed by atoms with van der Waals surface area (Å²) in [5.41, 5.74) is 10.0. The molecule has 2 rings (SSSR count). The zero-order valence-corrected chi connectivity index (χ0v) is 12.6. The van der Waals surface area contributed by atoms with Gasteiger partial charge in [0.25, 0.3) is 0 Å². The summed E-state index contributed by atoms with van der Waals surface area (Å²) in [5.74, 6) is 0.832. The van der Waals surface area contributed by atoms with Gasteiger partial charge in [-0.15, -0.1) is 0 Å². The van der Waals surface area contributed by atoms with E-state index in [1.165, 1.54) is 0 Å². The average Bonchev–Trinajstić information content (AvgIpc) is 2.38. The van der Waals surface area contributed by atoms with Gasteiger partial charge in [0.05, 0.1) is 23.0 Å². The van der Waals surface area contributed by atoms with Crippen LogP contribution in [0.5, 0.6) is 5.75 Å². The predicted octanol–water partition coefficient (Wildman–Crippen LogP) is 3.96. The van der Waals surface area contributed by atoms with Crippen LogP contribution in [0.25, 0.3) is 0 Å². The number of aryl methyl sites for hydroxylation is 1. The van der Waals surface area contributed by atoms with Crippen LogP contribution < -0.4 is 15.8 Å². The van der Waals surface area contributed by atoms with E-state index in [0.717, 1.165) is 39.3 Å². The monoisotopic (exact) mass is 320 g/mol. The van der Waals surface area contributed by atoms with Crippen molar-refractivity contribution in [3.05, 3.63) is 52.0 Å². The van der Waals surface area contributed by atoms with Gasteiger partial charge < -0.3 is 15.8 Å². The summed E-state index contributed by atoms with van der Waals surface area (Å²) >= 11 is 3.48. The topological polar surface area (TPSA) is 47.3 Å². The van der Waals surface area contributed by atoms with E-state index in [0.29, 0.717) is 0 Å². The highest BCUT2D eigenvalue weighted by atomic mass is 79.9. The largest absolute Gasteiger partial charge is 0.496 e. The van der Waals surface area contributed by atoms with Crippen LogP contribution in [0, 0.1) is 6.92 Å². The third kappa shape index (κ3) is 3.41. The average molecular weight is 321 g/mol. The van der Waals surface area contributed by atoms with Crippen LogP contribution in [-0.4, -0.2) is 7.11 Å². The van der Waals surface area contributed by atoms with E-state index in [1.54, 1.807) is 7.11 Å². The fourth-order valence-corrected chi connectivity index (χ4v) is 2.45. The molecule has 0 aromatic heterocycles. The van der Waals surface area contributed by atoms with E-state index in [2.05, 4.69) is 21.2 Å². The molecule has 3 nitrogen and oxygen atoms in total. The van der Waals surface area contributed by atoms with Crippen molar-refractivity contribution in [1.29, 1.82) is 0 Å². The van der Waals surface area contributed by atoms with Gasteiger partial charge in [-0.2, -0.15) is 0 Å². The fraction of sp³-hybridized carbons (Fsp3) is 0.200. The van der Waals surface area contributed by atoms with Gasteiger partial charge in [-0.05, 0) is 58.2 Å². The normalized spacial score (nSPS) is 10.3. The summed E-state index contributed by atoms with van der Waals surface area (Å²) in [7, 11) is 1.66. The molecule has 0 aliphatic rings. The van der Waals surface area contributed by atoms with Gasteiger partial charge in [-0.3, -0.25) is 0 Å². The zero-order valence-electron chi connectivity index (χ0n) is 11.0. The molecule has 0 spiro atoms. The molecule has 0 unspecified atom stereocenters. The molecule has 0 amide bonds. The number of nitrogens with two attached hydrogens (primary N) is 1. The third-order valence-corrected chi connectivity index (χ3v) is 3.53. The van der Waals surface area contributed by atoms with Crippen molar-refractivity contribution in [1.82, 2.24) is 0 Å². The van der Waals surface area contributed by atoms with Crippen molar-refractivity contribution >= 4 is 27.3 Å². The first kappa shape index (κ1) is 13.7. The molecule has 2 aromatic carbocycles. The lowest BCUT2D eigenvalue weighted by Crippen LogP contribution is -2.02. The van der Waals surface area contributed by atoms with Gasteiger partial charge in [0, 0.05) is 6.54 Å². The maximum absolute atomic E-state index is 5.97. The van der Waals surface area contributed by atoms with Gasteiger partial charge in [0.15, 0.2) is 0 Å². The number of ether oxygens (including phenoxy) is 1. The molecule has 0 saturated carbocycles. The second-order valence-corrected chi connectivity index (χ2v) is 5.27. The van der Waals surface area contributed by atoms with Crippen molar-refractivity contribution in [2.24, 2.45) is 0 Å². The van der Waals surface area contributed by atoms with Crippen molar-refractivity contribution in [2.45, 2.75) is 13.5 Å². The lowest BCUT2D eigenvalue weighted by atomic mass is 10.1. The second kappa shape index (κ2) is 5.97. The van der Waals surface area contributed by atoms with Gasteiger partial charge in [0.1, 0.15) is 5.75 Å². The number of anilines is 2. The highest BCUT2D eigenvalue weighted by Gasteiger charge is 2.03. The molecule has 0 fully saturated rings. The first-order valence-corrected chi connectivity index (χ1v) is 6.82. The number of nitrogens with one attached hydrogen (secondary N) is 1. The highest BCUT2D eigenvalue weighted by molar-refractivity contribution is 9.10.